The summed E-state index contributed by atoms with van der Waals surface area (Å²) in [6.07, 6.45) is 1.85. The maximum Gasteiger partial charge on any atom is 0.0980 e. The van der Waals surface area contributed by atoms with Crippen molar-refractivity contribution >= 4 is 22.6 Å². The minimum absolute atomic E-state index is 0.703. The van der Waals surface area contributed by atoms with Crippen LogP contribution in [0.4, 0.5) is 0 Å². The van der Waals surface area contributed by atoms with Gasteiger partial charge in [-0.3, -0.25) is 0 Å². The van der Waals surface area contributed by atoms with Gasteiger partial charge in [0.15, 0.2) is 0 Å². The molecule has 0 fully saturated rings. The quantitative estimate of drug-likeness (QED) is 0.521. The van der Waals surface area contributed by atoms with Gasteiger partial charge in [-0.15, -0.1) is 0 Å². The van der Waals surface area contributed by atoms with E-state index in [2.05, 4.69) is 22.6 Å². The summed E-state index contributed by atoms with van der Waals surface area (Å²) in [6, 6.07) is 0. The van der Waals surface area contributed by atoms with Crippen LogP contribution in [0.15, 0.2) is 0 Å². The molecule has 2 heteroatoms. The van der Waals surface area contributed by atoms with E-state index in [-0.39, 0.29) is 0 Å². The lowest BCUT2D eigenvalue weighted by Crippen LogP contribution is -2.15. The van der Waals surface area contributed by atoms with Crippen LogP contribution >= 0.6 is 22.6 Å². The van der Waals surface area contributed by atoms with Crippen molar-refractivity contribution in [1.29, 1.82) is 0 Å². The van der Waals surface area contributed by atoms with Gasteiger partial charge in [-0.05, 0) is 31.1 Å². The zero-order valence-electron chi connectivity index (χ0n) is 5.41. The van der Waals surface area contributed by atoms with E-state index in [4.69, 9.17) is 0 Å². The largest absolute Gasteiger partial charge is 0.230 e. The minimum Gasteiger partial charge on any atom is -0.230 e. The molecule has 0 aromatic heterocycles. The lowest BCUT2D eigenvalue weighted by Gasteiger charge is -2.11. The van der Waals surface area contributed by atoms with Gasteiger partial charge in [0, 0.05) is 0 Å². The van der Waals surface area contributed by atoms with Gasteiger partial charge >= 0.3 is 0 Å². The summed E-state index contributed by atoms with van der Waals surface area (Å²) in [5.41, 5.74) is -0.703. The Hall–Kier alpha value is 0.690. The summed E-state index contributed by atoms with van der Waals surface area (Å²) < 4.78 is 1.10. The lowest BCUT2D eigenvalue weighted by atomic mass is 10.0. The summed E-state index contributed by atoms with van der Waals surface area (Å²) in [6.45, 7) is 3.47. The molecule has 0 amide bonds. The molecule has 0 N–H and O–H groups in total. The second-order valence-corrected chi connectivity index (χ2v) is 3.63. The van der Waals surface area contributed by atoms with Crippen LogP contribution < -0.4 is 0 Å². The summed E-state index contributed by atoms with van der Waals surface area (Å²) in [4.78, 5) is 0. The van der Waals surface area contributed by atoms with E-state index in [0.29, 0.717) is 0 Å². The van der Waals surface area contributed by atoms with Crippen molar-refractivity contribution in [3.63, 3.8) is 0 Å². The average molecular weight is 227 g/mol. The van der Waals surface area contributed by atoms with Gasteiger partial charge in [0.2, 0.25) is 0 Å². The monoisotopic (exact) mass is 227 g/mol. The molecule has 0 rings (SSSR count). The van der Waals surface area contributed by atoms with E-state index in [1.807, 2.05) is 0 Å². The van der Waals surface area contributed by atoms with Crippen molar-refractivity contribution in [2.75, 3.05) is 4.43 Å². The number of hydrogen-bond donors (Lipinski definition) is 0. The Morgan fingerprint density at radius 2 is 2.00 bits per heavy atom. The van der Waals surface area contributed by atoms with Gasteiger partial charge < -0.3 is 0 Å². The number of hydrogen-bond acceptors (Lipinski definition) is 0. The van der Waals surface area contributed by atoms with Crippen LogP contribution in [0.1, 0.15) is 26.7 Å². The molecule has 0 atom stereocenters. The van der Waals surface area contributed by atoms with Crippen LogP contribution in [0.3, 0.4) is 0 Å². The average Bonchev–Trinajstić information content (AvgIpc) is 1.59. The van der Waals surface area contributed by atoms with Crippen molar-refractivity contribution in [1.82, 2.24) is 0 Å². The van der Waals surface area contributed by atoms with Crippen molar-refractivity contribution in [3.8, 4) is 0 Å². The van der Waals surface area contributed by atoms with E-state index >= 15 is 0 Å². The first-order valence-corrected chi connectivity index (χ1v) is 4.35. The Morgan fingerprint density at radius 3 is 2.12 bits per heavy atom. The van der Waals surface area contributed by atoms with Crippen LogP contribution in [0.25, 0.3) is 0 Å². The first-order valence-electron chi connectivity index (χ1n) is 2.82. The van der Waals surface area contributed by atoms with Gasteiger partial charge in [0.05, 0.1) is 5.60 Å². The SMILES string of the molecule is CC(C)([O])CCCI. The molecule has 0 aliphatic heterocycles. The molecule has 0 saturated carbocycles. The van der Waals surface area contributed by atoms with E-state index in [1.165, 1.54) is 0 Å². The molecule has 0 aromatic rings. The molecule has 1 nitrogen and oxygen atoms in total. The summed E-state index contributed by atoms with van der Waals surface area (Å²) in [7, 11) is 0. The van der Waals surface area contributed by atoms with Crippen LogP contribution in [0, 0.1) is 0 Å². The molecule has 0 saturated heterocycles. The van der Waals surface area contributed by atoms with Crippen molar-refractivity contribution in [3.05, 3.63) is 0 Å². The molecule has 0 heterocycles. The molecular formula is C6H12IO. The highest BCUT2D eigenvalue weighted by Gasteiger charge is 2.12. The van der Waals surface area contributed by atoms with Crippen LogP contribution in [0.2, 0.25) is 0 Å². The van der Waals surface area contributed by atoms with Crippen molar-refractivity contribution in [2.24, 2.45) is 0 Å². The van der Waals surface area contributed by atoms with Gasteiger partial charge in [0.1, 0.15) is 0 Å². The van der Waals surface area contributed by atoms with Crippen molar-refractivity contribution < 1.29 is 5.11 Å². The predicted octanol–water partition coefficient (Wildman–Crippen LogP) is 2.41. The topological polar surface area (TPSA) is 19.9 Å². The second-order valence-electron chi connectivity index (χ2n) is 2.55. The first-order chi connectivity index (χ1) is 3.56. The fraction of sp³-hybridized carbons (Fsp3) is 1.00. The summed E-state index contributed by atoms with van der Waals surface area (Å²) >= 11 is 2.29. The molecule has 0 unspecified atom stereocenters. The molecule has 49 valence electrons. The molecule has 0 aliphatic rings. The van der Waals surface area contributed by atoms with Gasteiger partial charge in [-0.25, -0.2) is 5.11 Å². The Bertz CT molecular complexity index is 56.0. The molecule has 8 heavy (non-hydrogen) atoms. The smallest absolute Gasteiger partial charge is 0.0980 e. The Balaban J connectivity index is 3.11. The normalized spacial score (nSPS) is 12.0. The third kappa shape index (κ3) is 6.69. The fourth-order valence-corrected chi connectivity index (χ4v) is 0.874. The Labute approximate surface area is 64.6 Å². The maximum atomic E-state index is 10.9. The van der Waals surface area contributed by atoms with Crippen LogP contribution in [0.5, 0.6) is 0 Å². The standard InChI is InChI=1S/C6H12IO/c1-6(2,8)4-3-5-7/h3-5H2,1-2H3. The maximum absolute atomic E-state index is 10.9. The van der Waals surface area contributed by atoms with E-state index in [1.54, 1.807) is 13.8 Å². The fourth-order valence-electron chi connectivity index (χ4n) is 0.493. The zero-order chi connectivity index (χ0) is 6.62. The number of alkyl halides is 1. The summed E-state index contributed by atoms with van der Waals surface area (Å²) in [5.74, 6) is 0. The number of halogens is 1. The predicted molar refractivity (Wildman–Crippen MR) is 42.9 cm³/mol. The Morgan fingerprint density at radius 1 is 1.50 bits per heavy atom. The highest BCUT2D eigenvalue weighted by molar-refractivity contribution is 14.1. The molecule has 0 bridgehead atoms. The van der Waals surface area contributed by atoms with Crippen LogP contribution in [-0.4, -0.2) is 10.0 Å². The third-order valence-electron chi connectivity index (χ3n) is 0.912. The summed E-state index contributed by atoms with van der Waals surface area (Å²) in [5, 5.41) is 10.9. The lowest BCUT2D eigenvalue weighted by molar-refractivity contribution is -0.00319. The van der Waals surface area contributed by atoms with Crippen LogP contribution in [-0.2, 0) is 5.11 Å². The molecular weight excluding hydrogens is 215 g/mol. The minimum atomic E-state index is -0.703. The van der Waals surface area contributed by atoms with E-state index in [9.17, 15) is 5.11 Å². The highest BCUT2D eigenvalue weighted by Crippen LogP contribution is 2.11. The van der Waals surface area contributed by atoms with Gasteiger partial charge in [-0.1, -0.05) is 22.6 Å². The molecule has 0 aliphatic carbocycles. The molecule has 1 radical (unpaired) electrons. The highest BCUT2D eigenvalue weighted by atomic mass is 127. The van der Waals surface area contributed by atoms with Gasteiger partial charge in [0.25, 0.3) is 0 Å². The van der Waals surface area contributed by atoms with E-state index < -0.39 is 5.60 Å². The first kappa shape index (κ1) is 8.69. The number of rotatable bonds is 3. The zero-order valence-corrected chi connectivity index (χ0v) is 7.57. The van der Waals surface area contributed by atoms with Gasteiger partial charge in [-0.2, -0.15) is 0 Å². The Kier molecular flexibility index (Phi) is 3.98. The second kappa shape index (κ2) is 3.67. The molecule has 0 spiro atoms. The van der Waals surface area contributed by atoms with Crippen molar-refractivity contribution in [2.45, 2.75) is 32.3 Å². The third-order valence-corrected chi connectivity index (χ3v) is 1.68. The molecule has 0 aromatic carbocycles. The van der Waals surface area contributed by atoms with E-state index in [0.717, 1.165) is 17.3 Å².